The van der Waals surface area contributed by atoms with Gasteiger partial charge in [0.1, 0.15) is 23.9 Å². The molecule has 9 heteroatoms. The molecule has 1 aromatic carbocycles. The lowest BCUT2D eigenvalue weighted by molar-refractivity contribution is -0.301. The lowest BCUT2D eigenvalue weighted by Crippen LogP contribution is -2.75. The Morgan fingerprint density at radius 2 is 1.59 bits per heavy atom. The summed E-state index contributed by atoms with van der Waals surface area (Å²) < 4.78 is 25.2. The fourth-order valence-corrected chi connectivity index (χ4v) is 7.32. The van der Waals surface area contributed by atoms with Crippen molar-refractivity contribution in [3.63, 3.8) is 0 Å². The third kappa shape index (κ3) is 4.23. The normalized spacial score (nSPS) is 36.4. The lowest BCUT2D eigenvalue weighted by Gasteiger charge is -2.62. The van der Waals surface area contributed by atoms with Crippen molar-refractivity contribution in [1.29, 1.82) is 0 Å². The Morgan fingerprint density at radius 3 is 2.23 bits per heavy atom. The van der Waals surface area contributed by atoms with Crippen molar-refractivity contribution in [3.8, 4) is 0 Å². The minimum atomic E-state index is -1.26. The predicted octanol–water partition coefficient (Wildman–Crippen LogP) is 3.74. The average molecular weight is 538 g/mol. The summed E-state index contributed by atoms with van der Waals surface area (Å²) in [6.45, 7) is 8.87. The summed E-state index contributed by atoms with van der Waals surface area (Å²) in [5.41, 5.74) is -2.61. The molecule has 0 radical (unpaired) electrons. The van der Waals surface area contributed by atoms with E-state index in [2.05, 4.69) is 4.98 Å². The van der Waals surface area contributed by atoms with Crippen LogP contribution in [-0.4, -0.2) is 63.6 Å². The Labute approximate surface area is 227 Å². The molecule has 2 bridgehead atoms. The van der Waals surface area contributed by atoms with Crippen LogP contribution in [0.15, 0.2) is 54.9 Å². The fraction of sp³-hybridized carbons (Fsp3) is 0.533. The zero-order valence-electron chi connectivity index (χ0n) is 22.8. The van der Waals surface area contributed by atoms with Gasteiger partial charge < -0.3 is 24.1 Å². The highest BCUT2D eigenvalue weighted by Crippen LogP contribution is 2.67. The van der Waals surface area contributed by atoms with Crippen molar-refractivity contribution >= 4 is 17.9 Å². The van der Waals surface area contributed by atoms with Gasteiger partial charge in [-0.3, -0.25) is 9.78 Å². The van der Waals surface area contributed by atoms with Gasteiger partial charge in [0.25, 0.3) is 0 Å². The monoisotopic (exact) mass is 537 g/mol. The minimum absolute atomic E-state index is 0.233. The molecule has 3 fully saturated rings. The van der Waals surface area contributed by atoms with Gasteiger partial charge in [-0.1, -0.05) is 25.1 Å². The number of rotatable bonds is 5. The summed E-state index contributed by atoms with van der Waals surface area (Å²) in [7, 11) is 0. The second-order valence-electron chi connectivity index (χ2n) is 11.7. The number of aliphatic hydroxyl groups excluding tert-OH is 1. The maximum Gasteiger partial charge on any atom is 0.340 e. The number of hydrogen-bond donors (Lipinski definition) is 1. The number of fused-ring (bicyclic) bond motifs is 1. The molecular weight excluding hydrogens is 502 g/mol. The standard InChI is InChI=1S/C30H35NO8/c1-17-14-22(33)25(36-18(2)32)29(5)23(37-26(34)19-10-7-6-8-11-19)15-21-24(30(17,29)39-28(21,3)4)38-27(35)20-12-9-13-31-16-20/h6-13,16-17,21-25,33H,14-15H2,1-5H3. The molecule has 2 aliphatic carbocycles. The van der Waals surface area contributed by atoms with Gasteiger partial charge in [-0.15, -0.1) is 0 Å². The number of ether oxygens (including phenoxy) is 4. The van der Waals surface area contributed by atoms with Crippen molar-refractivity contribution in [3.05, 3.63) is 66.0 Å². The summed E-state index contributed by atoms with van der Waals surface area (Å²) in [4.78, 5) is 43.0. The van der Waals surface area contributed by atoms with Crippen LogP contribution in [0.4, 0.5) is 0 Å². The van der Waals surface area contributed by atoms with Crippen molar-refractivity contribution in [2.24, 2.45) is 17.3 Å². The van der Waals surface area contributed by atoms with E-state index in [4.69, 9.17) is 18.9 Å². The van der Waals surface area contributed by atoms with Gasteiger partial charge in [-0.2, -0.15) is 0 Å². The maximum atomic E-state index is 13.4. The van der Waals surface area contributed by atoms with Gasteiger partial charge in [0.2, 0.25) is 0 Å². The largest absolute Gasteiger partial charge is 0.459 e. The number of carbonyl (C=O) groups excluding carboxylic acids is 3. The van der Waals surface area contributed by atoms with Crippen LogP contribution in [0.25, 0.3) is 0 Å². The van der Waals surface area contributed by atoms with E-state index in [0.717, 1.165) is 0 Å². The first-order valence-corrected chi connectivity index (χ1v) is 13.3. The van der Waals surface area contributed by atoms with Gasteiger partial charge in [-0.25, -0.2) is 9.59 Å². The van der Waals surface area contributed by atoms with Gasteiger partial charge in [0.15, 0.2) is 0 Å². The molecule has 8 atom stereocenters. The third-order valence-corrected chi connectivity index (χ3v) is 9.04. The van der Waals surface area contributed by atoms with E-state index in [1.807, 2.05) is 27.7 Å². The number of esters is 3. The number of nitrogens with zero attached hydrogens (tertiary/aromatic N) is 1. The molecule has 9 nitrogen and oxygen atoms in total. The summed E-state index contributed by atoms with van der Waals surface area (Å²) in [5, 5.41) is 11.3. The highest BCUT2D eigenvalue weighted by molar-refractivity contribution is 5.90. The van der Waals surface area contributed by atoms with Crippen LogP contribution in [0.2, 0.25) is 0 Å². The van der Waals surface area contributed by atoms with E-state index >= 15 is 0 Å². The second-order valence-corrected chi connectivity index (χ2v) is 11.7. The third-order valence-electron chi connectivity index (χ3n) is 9.04. The summed E-state index contributed by atoms with van der Waals surface area (Å²) in [6.07, 6.45) is -0.184. The molecule has 5 rings (SSSR count). The Kier molecular flexibility index (Phi) is 6.79. The van der Waals surface area contributed by atoms with E-state index in [1.165, 1.54) is 13.1 Å². The SMILES string of the molecule is CC(=O)OC1C(O)CC(C)C23OC(C)(C)C(CC(OC(=O)c4ccccc4)C12C)C3OC(=O)c1cccnc1. The van der Waals surface area contributed by atoms with E-state index < -0.39 is 58.9 Å². The molecule has 39 heavy (non-hydrogen) atoms. The minimum Gasteiger partial charge on any atom is -0.459 e. The first-order chi connectivity index (χ1) is 18.4. The highest BCUT2D eigenvalue weighted by atomic mass is 16.6. The molecule has 1 aromatic heterocycles. The van der Waals surface area contributed by atoms with E-state index in [0.29, 0.717) is 11.1 Å². The zero-order valence-corrected chi connectivity index (χ0v) is 22.8. The quantitative estimate of drug-likeness (QED) is 0.449. The number of aliphatic hydroxyl groups is 1. The average Bonchev–Trinajstić information content (AvgIpc) is 3.08. The van der Waals surface area contributed by atoms with Crippen LogP contribution < -0.4 is 0 Å². The number of pyridine rings is 1. The lowest BCUT2D eigenvalue weighted by atomic mass is 9.48. The molecule has 208 valence electrons. The Bertz CT molecular complexity index is 1250. The molecule has 1 aliphatic heterocycles. The summed E-state index contributed by atoms with van der Waals surface area (Å²) in [5.74, 6) is -2.37. The molecule has 8 unspecified atom stereocenters. The molecular formula is C30H35NO8. The summed E-state index contributed by atoms with van der Waals surface area (Å²) in [6, 6.07) is 11.9. The first kappa shape index (κ1) is 27.3. The Morgan fingerprint density at radius 1 is 0.923 bits per heavy atom. The van der Waals surface area contributed by atoms with E-state index in [-0.39, 0.29) is 24.7 Å². The molecule has 1 N–H and O–H groups in total. The highest BCUT2D eigenvalue weighted by Gasteiger charge is 2.80. The van der Waals surface area contributed by atoms with Crippen LogP contribution in [0, 0.1) is 17.3 Å². The van der Waals surface area contributed by atoms with Crippen LogP contribution in [0.3, 0.4) is 0 Å². The van der Waals surface area contributed by atoms with E-state index in [9.17, 15) is 19.5 Å². The molecule has 2 aromatic rings. The van der Waals surface area contributed by atoms with Crippen molar-refractivity contribution in [1.82, 2.24) is 4.98 Å². The van der Waals surface area contributed by atoms with Crippen molar-refractivity contribution in [2.75, 3.05) is 0 Å². The van der Waals surface area contributed by atoms with Gasteiger partial charge in [0, 0.05) is 25.2 Å². The van der Waals surface area contributed by atoms with Gasteiger partial charge in [-0.05, 0) is 63.8 Å². The number of benzene rings is 1. The molecule has 2 heterocycles. The van der Waals surface area contributed by atoms with Crippen LogP contribution in [0.5, 0.6) is 0 Å². The first-order valence-electron chi connectivity index (χ1n) is 13.3. The number of aromatic nitrogens is 1. The van der Waals surface area contributed by atoms with Crippen molar-refractivity contribution in [2.45, 2.75) is 83.1 Å². The Hall–Kier alpha value is -3.30. The molecule has 1 spiro atoms. The number of hydrogen-bond acceptors (Lipinski definition) is 9. The van der Waals surface area contributed by atoms with Crippen LogP contribution >= 0.6 is 0 Å². The molecule has 2 saturated carbocycles. The molecule has 1 saturated heterocycles. The number of carbonyl (C=O) groups is 3. The molecule has 3 aliphatic rings. The zero-order chi connectivity index (χ0) is 28.2. The predicted molar refractivity (Wildman–Crippen MR) is 139 cm³/mol. The molecule has 0 amide bonds. The van der Waals surface area contributed by atoms with Gasteiger partial charge >= 0.3 is 17.9 Å². The van der Waals surface area contributed by atoms with Crippen molar-refractivity contribution < 1.29 is 38.4 Å². The fourth-order valence-electron chi connectivity index (χ4n) is 7.32. The summed E-state index contributed by atoms with van der Waals surface area (Å²) >= 11 is 0. The van der Waals surface area contributed by atoms with E-state index in [1.54, 1.807) is 48.7 Å². The van der Waals surface area contributed by atoms with Crippen LogP contribution in [-0.2, 0) is 23.7 Å². The second kappa shape index (κ2) is 9.71. The van der Waals surface area contributed by atoms with Gasteiger partial charge in [0.05, 0.1) is 28.2 Å². The Balaban J connectivity index is 1.63. The maximum absolute atomic E-state index is 13.4. The van der Waals surface area contributed by atoms with Crippen LogP contribution in [0.1, 0.15) is 68.2 Å². The smallest absolute Gasteiger partial charge is 0.340 e. The topological polar surface area (TPSA) is 121 Å².